The molecule has 16 heavy (non-hydrogen) atoms. The summed E-state index contributed by atoms with van der Waals surface area (Å²) in [6.07, 6.45) is 5.95. The van der Waals surface area contributed by atoms with Crippen molar-refractivity contribution in [1.82, 2.24) is 5.32 Å². The smallest absolute Gasteiger partial charge is 0.145 e. The fourth-order valence-corrected chi connectivity index (χ4v) is 2.59. The molecule has 1 N–H and O–H groups in total. The summed E-state index contributed by atoms with van der Waals surface area (Å²) < 4.78 is 14.0. The molecule has 0 unspecified atom stereocenters. The molecule has 1 nitrogen and oxygen atoms in total. The van der Waals surface area contributed by atoms with E-state index in [2.05, 4.69) is 17.5 Å². The second-order valence-electron chi connectivity index (χ2n) is 4.29. The molecule has 0 atom stereocenters. The highest BCUT2D eigenvalue weighted by Gasteiger charge is 2.35. The fraction of sp³-hybridized carbons (Fsp3) is 0.385. The standard InChI is InChI=1S/C13H15ClFN/c1-16-9-13(7-2-3-8-13)10-5-4-6-11(14)12(10)15/h2-6,16H,7-9H2,1H3. The molecule has 0 radical (unpaired) electrons. The first-order valence-corrected chi connectivity index (χ1v) is 5.81. The third-order valence-corrected chi connectivity index (χ3v) is 3.51. The van der Waals surface area contributed by atoms with Crippen LogP contribution < -0.4 is 5.32 Å². The summed E-state index contributed by atoms with van der Waals surface area (Å²) >= 11 is 5.84. The number of hydrogen-bond acceptors (Lipinski definition) is 1. The van der Waals surface area contributed by atoms with Crippen LogP contribution in [-0.4, -0.2) is 13.6 Å². The minimum atomic E-state index is -0.275. The molecule has 86 valence electrons. The van der Waals surface area contributed by atoms with Crippen LogP contribution in [0.2, 0.25) is 5.02 Å². The average molecular weight is 240 g/mol. The van der Waals surface area contributed by atoms with Gasteiger partial charge in [-0.05, 0) is 31.5 Å². The first-order chi connectivity index (χ1) is 7.69. The molecule has 2 rings (SSSR count). The molecule has 0 spiro atoms. The Balaban J connectivity index is 2.43. The van der Waals surface area contributed by atoms with Crippen molar-refractivity contribution in [3.63, 3.8) is 0 Å². The van der Waals surface area contributed by atoms with E-state index >= 15 is 0 Å². The van der Waals surface area contributed by atoms with Gasteiger partial charge in [-0.15, -0.1) is 0 Å². The largest absolute Gasteiger partial charge is 0.319 e. The average Bonchev–Trinajstić information content (AvgIpc) is 2.72. The van der Waals surface area contributed by atoms with Crippen LogP contribution in [-0.2, 0) is 5.41 Å². The third-order valence-electron chi connectivity index (χ3n) is 3.22. The zero-order valence-electron chi connectivity index (χ0n) is 9.26. The summed E-state index contributed by atoms with van der Waals surface area (Å²) in [5, 5.41) is 3.35. The number of benzene rings is 1. The molecular formula is C13H15ClFN. The molecule has 0 bridgehead atoms. The van der Waals surface area contributed by atoms with Crippen molar-refractivity contribution in [1.29, 1.82) is 0 Å². The van der Waals surface area contributed by atoms with Gasteiger partial charge in [-0.2, -0.15) is 0 Å². The lowest BCUT2D eigenvalue weighted by molar-refractivity contribution is 0.414. The van der Waals surface area contributed by atoms with E-state index in [1.54, 1.807) is 6.07 Å². The molecule has 0 saturated carbocycles. The first-order valence-electron chi connectivity index (χ1n) is 5.44. The van der Waals surface area contributed by atoms with Crippen LogP contribution in [0.1, 0.15) is 18.4 Å². The zero-order valence-corrected chi connectivity index (χ0v) is 10.0. The summed E-state index contributed by atoms with van der Waals surface area (Å²) in [6.45, 7) is 0.761. The van der Waals surface area contributed by atoms with Crippen molar-refractivity contribution < 1.29 is 4.39 Å². The normalized spacial score (nSPS) is 17.9. The Bertz CT molecular complexity index is 406. The van der Waals surface area contributed by atoms with Crippen molar-refractivity contribution in [3.05, 3.63) is 46.8 Å². The Labute approximate surface area is 100 Å². The quantitative estimate of drug-likeness (QED) is 0.799. The molecule has 0 heterocycles. The molecule has 3 heteroatoms. The molecule has 0 saturated heterocycles. The first kappa shape index (κ1) is 11.6. The van der Waals surface area contributed by atoms with Crippen LogP contribution in [0.25, 0.3) is 0 Å². The maximum atomic E-state index is 14.0. The van der Waals surface area contributed by atoms with E-state index in [1.807, 2.05) is 19.2 Å². The summed E-state index contributed by atoms with van der Waals surface area (Å²) in [5.41, 5.74) is 0.559. The Kier molecular flexibility index (Phi) is 3.31. The Morgan fingerprint density at radius 1 is 1.38 bits per heavy atom. The maximum absolute atomic E-state index is 14.0. The zero-order chi connectivity index (χ0) is 11.6. The van der Waals surface area contributed by atoms with Gasteiger partial charge in [0.15, 0.2) is 0 Å². The van der Waals surface area contributed by atoms with E-state index in [0.717, 1.165) is 24.9 Å². The van der Waals surface area contributed by atoms with Crippen molar-refractivity contribution in [3.8, 4) is 0 Å². The molecule has 0 aromatic heterocycles. The maximum Gasteiger partial charge on any atom is 0.145 e. The van der Waals surface area contributed by atoms with E-state index in [9.17, 15) is 4.39 Å². The van der Waals surface area contributed by atoms with Crippen LogP contribution in [0, 0.1) is 5.82 Å². The minimum Gasteiger partial charge on any atom is -0.319 e. The number of likely N-dealkylation sites (N-methyl/N-ethyl adjacent to an activating group) is 1. The van der Waals surface area contributed by atoms with Gasteiger partial charge in [0.05, 0.1) is 5.02 Å². The minimum absolute atomic E-state index is 0.163. The fourth-order valence-electron chi connectivity index (χ4n) is 2.41. The van der Waals surface area contributed by atoms with Crippen molar-refractivity contribution in [2.75, 3.05) is 13.6 Å². The highest BCUT2D eigenvalue weighted by Crippen LogP contribution is 2.39. The number of halogens is 2. The van der Waals surface area contributed by atoms with Gasteiger partial charge < -0.3 is 5.32 Å². The highest BCUT2D eigenvalue weighted by molar-refractivity contribution is 6.30. The highest BCUT2D eigenvalue weighted by atomic mass is 35.5. The van der Waals surface area contributed by atoms with Gasteiger partial charge >= 0.3 is 0 Å². The molecule has 0 amide bonds. The number of rotatable bonds is 3. The second kappa shape index (κ2) is 4.56. The lowest BCUT2D eigenvalue weighted by Gasteiger charge is -2.30. The second-order valence-corrected chi connectivity index (χ2v) is 4.70. The summed E-state index contributed by atoms with van der Waals surface area (Å²) in [5.74, 6) is -0.275. The Morgan fingerprint density at radius 3 is 2.69 bits per heavy atom. The molecule has 1 aromatic rings. The van der Waals surface area contributed by atoms with Crippen LogP contribution >= 0.6 is 11.6 Å². The lowest BCUT2D eigenvalue weighted by Crippen LogP contribution is -2.35. The van der Waals surface area contributed by atoms with Crippen LogP contribution in [0.4, 0.5) is 4.39 Å². The Morgan fingerprint density at radius 2 is 2.06 bits per heavy atom. The summed E-state index contributed by atoms with van der Waals surface area (Å²) in [4.78, 5) is 0. The topological polar surface area (TPSA) is 12.0 Å². The molecule has 1 aromatic carbocycles. The van der Waals surface area contributed by atoms with E-state index in [4.69, 9.17) is 11.6 Å². The molecule has 0 fully saturated rings. The van der Waals surface area contributed by atoms with Gasteiger partial charge in [-0.25, -0.2) is 4.39 Å². The van der Waals surface area contributed by atoms with E-state index in [0.29, 0.717) is 0 Å². The van der Waals surface area contributed by atoms with Crippen molar-refractivity contribution >= 4 is 11.6 Å². The van der Waals surface area contributed by atoms with Crippen molar-refractivity contribution in [2.45, 2.75) is 18.3 Å². The number of allylic oxidation sites excluding steroid dienone is 2. The summed E-state index contributed by atoms with van der Waals surface area (Å²) in [6, 6.07) is 5.25. The van der Waals surface area contributed by atoms with Gasteiger partial charge in [-0.1, -0.05) is 35.9 Å². The summed E-state index contributed by atoms with van der Waals surface area (Å²) in [7, 11) is 1.89. The molecule has 1 aliphatic rings. The molecular weight excluding hydrogens is 225 g/mol. The number of hydrogen-bond donors (Lipinski definition) is 1. The molecule has 0 aliphatic heterocycles. The number of nitrogens with one attached hydrogen (secondary N) is 1. The predicted octanol–water partition coefficient (Wildman–Crippen LogP) is 3.29. The van der Waals surface area contributed by atoms with Gasteiger partial charge in [0.2, 0.25) is 0 Å². The SMILES string of the molecule is CNCC1(c2cccc(Cl)c2F)CC=CC1. The predicted molar refractivity (Wildman–Crippen MR) is 65.4 cm³/mol. The monoisotopic (exact) mass is 239 g/mol. The lowest BCUT2D eigenvalue weighted by atomic mass is 9.78. The van der Waals surface area contributed by atoms with Gasteiger partial charge in [0.1, 0.15) is 5.82 Å². The third kappa shape index (κ3) is 1.87. The molecule has 1 aliphatic carbocycles. The Hall–Kier alpha value is -0.860. The van der Waals surface area contributed by atoms with Gasteiger partial charge in [0, 0.05) is 12.0 Å². The van der Waals surface area contributed by atoms with E-state index < -0.39 is 0 Å². The van der Waals surface area contributed by atoms with Crippen LogP contribution in [0.15, 0.2) is 30.4 Å². The van der Waals surface area contributed by atoms with Gasteiger partial charge in [0.25, 0.3) is 0 Å². The van der Waals surface area contributed by atoms with Crippen LogP contribution in [0.5, 0.6) is 0 Å². The van der Waals surface area contributed by atoms with Crippen LogP contribution in [0.3, 0.4) is 0 Å². The van der Waals surface area contributed by atoms with Crippen molar-refractivity contribution in [2.24, 2.45) is 0 Å². The van der Waals surface area contributed by atoms with Gasteiger partial charge in [-0.3, -0.25) is 0 Å². The van der Waals surface area contributed by atoms with E-state index in [1.165, 1.54) is 0 Å². The van der Waals surface area contributed by atoms with E-state index in [-0.39, 0.29) is 16.3 Å².